The molecule has 0 amide bonds. The van der Waals surface area contributed by atoms with Gasteiger partial charge in [0.25, 0.3) is 0 Å². The summed E-state index contributed by atoms with van der Waals surface area (Å²) in [6.45, 7) is 4.41. The highest BCUT2D eigenvalue weighted by Gasteiger charge is 1.97. The Morgan fingerprint density at radius 1 is 1.73 bits per heavy atom. The molecule has 0 atom stereocenters. The predicted octanol–water partition coefficient (Wildman–Crippen LogP) is 0.555. The van der Waals surface area contributed by atoms with Crippen LogP contribution in [0.15, 0.2) is 17.2 Å². The van der Waals surface area contributed by atoms with Crippen molar-refractivity contribution in [2.75, 3.05) is 0 Å². The summed E-state index contributed by atoms with van der Waals surface area (Å²) in [4.78, 5) is 11.2. The normalized spacial score (nSPS) is 11.1. The smallest absolute Gasteiger partial charge is 0.282 e. The van der Waals surface area contributed by atoms with Crippen LogP contribution in [0.3, 0.4) is 0 Å². The van der Waals surface area contributed by atoms with E-state index in [1.54, 1.807) is 16.8 Å². The van der Waals surface area contributed by atoms with Gasteiger partial charge in [-0.3, -0.25) is 4.57 Å². The number of nitrogens with zero attached hydrogens (tertiary/aromatic N) is 3. The van der Waals surface area contributed by atoms with Crippen LogP contribution in [0.25, 0.3) is 6.20 Å². The Bertz CT molecular complexity index is 308. The van der Waals surface area contributed by atoms with Gasteiger partial charge in [0.05, 0.1) is 0 Å². The zero-order valence-corrected chi connectivity index (χ0v) is 6.69. The molecule has 0 aromatic carbocycles. The maximum Gasteiger partial charge on any atom is 0.349 e. The summed E-state index contributed by atoms with van der Waals surface area (Å²) in [7, 11) is 0. The largest absolute Gasteiger partial charge is 0.349 e. The number of aromatic nitrogens is 3. The highest BCUT2D eigenvalue weighted by Crippen LogP contribution is 1.80. The molecule has 0 radical (unpaired) electrons. The lowest BCUT2D eigenvalue weighted by molar-refractivity contribution is 0.718. The lowest BCUT2D eigenvalue weighted by Crippen LogP contribution is -2.20. The van der Waals surface area contributed by atoms with Crippen molar-refractivity contribution in [1.82, 2.24) is 14.3 Å². The first-order valence-electron chi connectivity index (χ1n) is 3.56. The van der Waals surface area contributed by atoms with Crippen LogP contribution in [0.5, 0.6) is 0 Å². The third-order valence-electron chi connectivity index (χ3n) is 1.39. The number of rotatable bonds is 2. The average Bonchev–Trinajstić information content (AvgIpc) is 2.34. The first-order chi connectivity index (χ1) is 5.29. The Kier molecular flexibility index (Phi) is 2.25. The molecule has 0 spiro atoms. The van der Waals surface area contributed by atoms with E-state index in [4.69, 9.17) is 0 Å². The fourth-order valence-electron chi connectivity index (χ4n) is 0.809. The molecule has 60 valence electrons. The summed E-state index contributed by atoms with van der Waals surface area (Å²) >= 11 is 0. The van der Waals surface area contributed by atoms with E-state index in [1.807, 2.05) is 13.8 Å². The third-order valence-corrected chi connectivity index (χ3v) is 1.39. The summed E-state index contributed by atoms with van der Waals surface area (Å²) in [6.07, 6.45) is 4.94. The van der Waals surface area contributed by atoms with Crippen molar-refractivity contribution < 1.29 is 0 Å². The Labute approximate surface area is 64.8 Å². The monoisotopic (exact) mass is 153 g/mol. The molecular formula is C7H11N3O. The number of allylic oxidation sites excluding steroid dienone is 1. The molecule has 0 saturated carbocycles. The molecule has 1 aromatic rings. The molecule has 0 saturated heterocycles. The minimum Gasteiger partial charge on any atom is -0.282 e. The quantitative estimate of drug-likeness (QED) is 0.622. The van der Waals surface area contributed by atoms with Crippen LogP contribution < -0.4 is 5.69 Å². The maximum absolute atomic E-state index is 11.2. The van der Waals surface area contributed by atoms with Crippen LogP contribution in [0.2, 0.25) is 0 Å². The molecule has 1 rings (SSSR count). The maximum atomic E-state index is 11.2. The molecule has 1 aromatic heterocycles. The van der Waals surface area contributed by atoms with Gasteiger partial charge in [-0.15, -0.1) is 0 Å². The van der Waals surface area contributed by atoms with E-state index >= 15 is 0 Å². The lowest BCUT2D eigenvalue weighted by atomic mass is 10.7. The Morgan fingerprint density at radius 2 is 2.45 bits per heavy atom. The Hall–Kier alpha value is -1.32. The summed E-state index contributed by atoms with van der Waals surface area (Å²) in [5.74, 6) is 0. The molecule has 0 unspecified atom stereocenters. The summed E-state index contributed by atoms with van der Waals surface area (Å²) in [6, 6.07) is 0. The summed E-state index contributed by atoms with van der Waals surface area (Å²) in [5.41, 5.74) is -0.0920. The summed E-state index contributed by atoms with van der Waals surface area (Å²) in [5, 5.41) is 3.86. The van der Waals surface area contributed by atoms with Crippen molar-refractivity contribution in [3.63, 3.8) is 0 Å². The second-order valence-corrected chi connectivity index (χ2v) is 2.13. The van der Waals surface area contributed by atoms with Crippen molar-refractivity contribution in [1.29, 1.82) is 0 Å². The first kappa shape index (κ1) is 7.78. The zero-order chi connectivity index (χ0) is 8.27. The standard InChI is InChI=1S/C7H11N3O/c1-3-5-10-7(11)9(4-2)6-8-10/h3,5-6H,4H2,1-2H3/b5-3-. The van der Waals surface area contributed by atoms with Gasteiger partial charge in [0, 0.05) is 12.7 Å². The van der Waals surface area contributed by atoms with E-state index in [1.165, 1.54) is 11.0 Å². The van der Waals surface area contributed by atoms with Crippen molar-refractivity contribution in [2.45, 2.75) is 20.4 Å². The number of hydrogen-bond acceptors (Lipinski definition) is 2. The van der Waals surface area contributed by atoms with Gasteiger partial charge in [0.2, 0.25) is 0 Å². The van der Waals surface area contributed by atoms with Crippen LogP contribution in [0.1, 0.15) is 13.8 Å². The number of hydrogen-bond donors (Lipinski definition) is 0. The zero-order valence-electron chi connectivity index (χ0n) is 6.69. The van der Waals surface area contributed by atoms with Gasteiger partial charge in [0.1, 0.15) is 6.33 Å². The van der Waals surface area contributed by atoms with E-state index < -0.39 is 0 Å². The molecular weight excluding hydrogens is 142 g/mol. The lowest BCUT2D eigenvalue weighted by Gasteiger charge is -1.88. The van der Waals surface area contributed by atoms with Gasteiger partial charge in [-0.05, 0) is 13.8 Å². The molecule has 0 bridgehead atoms. The van der Waals surface area contributed by atoms with Crippen molar-refractivity contribution in [3.8, 4) is 0 Å². The predicted molar refractivity (Wildman–Crippen MR) is 43.2 cm³/mol. The van der Waals surface area contributed by atoms with Crippen LogP contribution in [-0.2, 0) is 6.54 Å². The van der Waals surface area contributed by atoms with E-state index in [0.717, 1.165) is 0 Å². The minimum absolute atomic E-state index is 0.0920. The fourth-order valence-corrected chi connectivity index (χ4v) is 0.809. The highest BCUT2D eigenvalue weighted by molar-refractivity contribution is 5.16. The molecule has 4 nitrogen and oxygen atoms in total. The van der Waals surface area contributed by atoms with Gasteiger partial charge >= 0.3 is 5.69 Å². The topological polar surface area (TPSA) is 39.8 Å². The SMILES string of the molecule is C/C=C\n1ncn(CC)c1=O. The van der Waals surface area contributed by atoms with Crippen LogP contribution >= 0.6 is 0 Å². The molecule has 0 aliphatic rings. The van der Waals surface area contributed by atoms with Crippen LogP contribution in [0.4, 0.5) is 0 Å². The summed E-state index contributed by atoms with van der Waals surface area (Å²) < 4.78 is 2.85. The fraction of sp³-hybridized carbons (Fsp3) is 0.429. The van der Waals surface area contributed by atoms with Crippen molar-refractivity contribution >= 4 is 6.20 Å². The average molecular weight is 153 g/mol. The van der Waals surface area contributed by atoms with Crippen LogP contribution in [0, 0.1) is 0 Å². The van der Waals surface area contributed by atoms with Gasteiger partial charge < -0.3 is 0 Å². The Balaban J connectivity index is 3.11. The third kappa shape index (κ3) is 1.39. The molecule has 11 heavy (non-hydrogen) atoms. The van der Waals surface area contributed by atoms with Gasteiger partial charge in [-0.25, -0.2) is 4.79 Å². The molecule has 0 aliphatic carbocycles. The molecule has 0 N–H and O–H groups in total. The second-order valence-electron chi connectivity index (χ2n) is 2.13. The van der Waals surface area contributed by atoms with E-state index in [2.05, 4.69) is 5.10 Å². The van der Waals surface area contributed by atoms with E-state index in [9.17, 15) is 4.79 Å². The van der Waals surface area contributed by atoms with Gasteiger partial charge in [-0.2, -0.15) is 9.78 Å². The van der Waals surface area contributed by atoms with Gasteiger partial charge in [0.15, 0.2) is 0 Å². The molecule has 0 fully saturated rings. The molecule has 0 aliphatic heterocycles. The minimum atomic E-state index is -0.0920. The van der Waals surface area contributed by atoms with E-state index in [-0.39, 0.29) is 5.69 Å². The van der Waals surface area contributed by atoms with Crippen molar-refractivity contribution in [3.05, 3.63) is 22.9 Å². The van der Waals surface area contributed by atoms with Crippen molar-refractivity contribution in [2.24, 2.45) is 0 Å². The Morgan fingerprint density at radius 3 is 2.91 bits per heavy atom. The van der Waals surface area contributed by atoms with Crippen LogP contribution in [-0.4, -0.2) is 14.3 Å². The van der Waals surface area contributed by atoms with Gasteiger partial charge in [-0.1, -0.05) is 6.08 Å². The molecule has 4 heteroatoms. The van der Waals surface area contributed by atoms with E-state index in [0.29, 0.717) is 6.54 Å². The second kappa shape index (κ2) is 3.18. The molecule has 1 heterocycles. The number of aryl methyl sites for hydroxylation is 1. The highest BCUT2D eigenvalue weighted by atomic mass is 16.2. The first-order valence-corrected chi connectivity index (χ1v) is 3.56.